The SMILES string of the molecule is CN1CC[C@]2(CCC1=O)C[C@@H](NC(=O)c1ccco1)c1ccccc1O2. The number of hydrogen-bond donors (Lipinski definition) is 1. The van der Waals surface area contributed by atoms with Gasteiger partial charge in [-0.3, -0.25) is 9.59 Å². The van der Waals surface area contributed by atoms with E-state index in [-0.39, 0.29) is 17.9 Å². The van der Waals surface area contributed by atoms with Gasteiger partial charge in [0, 0.05) is 38.4 Å². The van der Waals surface area contributed by atoms with E-state index in [1.807, 2.05) is 31.3 Å². The fourth-order valence-corrected chi connectivity index (χ4v) is 3.84. The molecule has 2 atom stereocenters. The molecule has 0 bridgehead atoms. The van der Waals surface area contributed by atoms with Gasteiger partial charge in [-0.05, 0) is 24.6 Å². The molecule has 0 saturated carbocycles. The van der Waals surface area contributed by atoms with Crippen LogP contribution >= 0.6 is 0 Å². The van der Waals surface area contributed by atoms with Crippen LogP contribution in [0.15, 0.2) is 47.1 Å². The summed E-state index contributed by atoms with van der Waals surface area (Å²) in [5, 5.41) is 3.08. The lowest BCUT2D eigenvalue weighted by molar-refractivity contribution is -0.129. The lowest BCUT2D eigenvalue weighted by Crippen LogP contribution is -2.45. The van der Waals surface area contributed by atoms with Crippen molar-refractivity contribution in [1.82, 2.24) is 10.2 Å². The molecule has 0 aliphatic carbocycles. The van der Waals surface area contributed by atoms with Crippen molar-refractivity contribution in [2.45, 2.75) is 37.3 Å². The fourth-order valence-electron chi connectivity index (χ4n) is 3.84. The van der Waals surface area contributed by atoms with Crippen molar-refractivity contribution in [2.75, 3.05) is 13.6 Å². The number of fused-ring (bicyclic) bond motifs is 1. The Morgan fingerprint density at radius 2 is 2.08 bits per heavy atom. The number of nitrogens with zero attached hydrogens (tertiary/aromatic N) is 1. The highest BCUT2D eigenvalue weighted by Crippen LogP contribution is 2.44. The van der Waals surface area contributed by atoms with E-state index in [0.717, 1.165) is 17.7 Å². The molecular weight excluding hydrogens is 332 g/mol. The number of para-hydroxylation sites is 1. The molecule has 4 rings (SSSR count). The van der Waals surface area contributed by atoms with Crippen molar-refractivity contribution in [3.05, 3.63) is 54.0 Å². The van der Waals surface area contributed by atoms with E-state index in [9.17, 15) is 9.59 Å². The Kier molecular flexibility index (Phi) is 4.18. The Bertz CT molecular complexity index is 817. The second-order valence-corrected chi connectivity index (χ2v) is 7.10. The van der Waals surface area contributed by atoms with Crippen LogP contribution in [-0.2, 0) is 4.79 Å². The van der Waals surface area contributed by atoms with Gasteiger partial charge < -0.3 is 19.4 Å². The molecule has 1 saturated heterocycles. The van der Waals surface area contributed by atoms with Gasteiger partial charge in [-0.1, -0.05) is 18.2 Å². The Morgan fingerprint density at radius 1 is 1.23 bits per heavy atom. The van der Waals surface area contributed by atoms with Crippen LogP contribution in [0.5, 0.6) is 5.75 Å². The molecule has 6 heteroatoms. The number of rotatable bonds is 2. The van der Waals surface area contributed by atoms with Crippen molar-refractivity contribution in [1.29, 1.82) is 0 Å². The number of ether oxygens (including phenoxy) is 1. The molecule has 26 heavy (non-hydrogen) atoms. The quantitative estimate of drug-likeness (QED) is 0.900. The van der Waals surface area contributed by atoms with E-state index < -0.39 is 5.60 Å². The normalized spacial score (nSPS) is 25.3. The van der Waals surface area contributed by atoms with E-state index >= 15 is 0 Å². The lowest BCUT2D eigenvalue weighted by atomic mass is 9.82. The zero-order chi connectivity index (χ0) is 18.1. The predicted octanol–water partition coefficient (Wildman–Crippen LogP) is 2.91. The third-order valence-corrected chi connectivity index (χ3v) is 5.37. The molecule has 1 aromatic carbocycles. The summed E-state index contributed by atoms with van der Waals surface area (Å²) in [6.07, 6.45) is 3.98. The van der Waals surface area contributed by atoms with Gasteiger partial charge in [-0.25, -0.2) is 0 Å². The maximum absolute atomic E-state index is 12.5. The molecule has 2 amide bonds. The Balaban J connectivity index is 1.63. The number of nitrogens with one attached hydrogen (secondary N) is 1. The Labute approximate surface area is 152 Å². The van der Waals surface area contributed by atoms with Gasteiger partial charge in [0.1, 0.15) is 11.4 Å². The van der Waals surface area contributed by atoms with E-state index in [1.165, 1.54) is 6.26 Å². The molecule has 2 aliphatic rings. The minimum Gasteiger partial charge on any atom is -0.487 e. The zero-order valence-electron chi connectivity index (χ0n) is 14.7. The van der Waals surface area contributed by atoms with Crippen LogP contribution in [0.4, 0.5) is 0 Å². The smallest absolute Gasteiger partial charge is 0.287 e. The first kappa shape index (κ1) is 16.7. The number of carbonyl (C=O) groups is 2. The van der Waals surface area contributed by atoms with Crippen LogP contribution in [-0.4, -0.2) is 35.9 Å². The summed E-state index contributed by atoms with van der Waals surface area (Å²) in [5.74, 6) is 0.966. The summed E-state index contributed by atoms with van der Waals surface area (Å²) < 4.78 is 11.6. The minimum absolute atomic E-state index is 0.139. The average molecular weight is 354 g/mol. The molecule has 2 aliphatic heterocycles. The van der Waals surface area contributed by atoms with Crippen molar-refractivity contribution >= 4 is 11.8 Å². The third kappa shape index (κ3) is 3.07. The molecule has 1 aromatic heterocycles. The highest BCUT2D eigenvalue weighted by atomic mass is 16.5. The van der Waals surface area contributed by atoms with E-state index in [1.54, 1.807) is 17.0 Å². The molecule has 1 N–H and O–H groups in total. The second kappa shape index (κ2) is 6.52. The maximum Gasteiger partial charge on any atom is 0.287 e. The number of amides is 2. The first-order valence-corrected chi connectivity index (χ1v) is 8.93. The average Bonchev–Trinajstić information content (AvgIpc) is 3.15. The lowest BCUT2D eigenvalue weighted by Gasteiger charge is -2.42. The molecule has 0 radical (unpaired) electrons. The molecule has 0 unspecified atom stereocenters. The monoisotopic (exact) mass is 354 g/mol. The summed E-state index contributed by atoms with van der Waals surface area (Å²) in [5.41, 5.74) is 0.512. The summed E-state index contributed by atoms with van der Waals surface area (Å²) in [4.78, 5) is 26.4. The zero-order valence-corrected chi connectivity index (χ0v) is 14.7. The summed E-state index contributed by atoms with van der Waals surface area (Å²) in [7, 11) is 1.83. The van der Waals surface area contributed by atoms with Gasteiger partial charge >= 0.3 is 0 Å². The molecular formula is C20H22N2O4. The highest BCUT2D eigenvalue weighted by Gasteiger charge is 2.43. The Hall–Kier alpha value is -2.76. The van der Waals surface area contributed by atoms with Crippen molar-refractivity contribution in [3.8, 4) is 5.75 Å². The van der Waals surface area contributed by atoms with Crippen LogP contribution in [0.3, 0.4) is 0 Å². The van der Waals surface area contributed by atoms with Gasteiger partial charge in [-0.15, -0.1) is 0 Å². The van der Waals surface area contributed by atoms with Gasteiger partial charge in [0.25, 0.3) is 5.91 Å². The number of likely N-dealkylation sites (tertiary alicyclic amines) is 1. The van der Waals surface area contributed by atoms with Gasteiger partial charge in [0.15, 0.2) is 5.76 Å². The van der Waals surface area contributed by atoms with Crippen LogP contribution in [0.2, 0.25) is 0 Å². The van der Waals surface area contributed by atoms with Crippen molar-refractivity contribution in [2.24, 2.45) is 0 Å². The van der Waals surface area contributed by atoms with Crippen LogP contribution in [0, 0.1) is 0 Å². The van der Waals surface area contributed by atoms with Crippen LogP contribution in [0.1, 0.15) is 47.8 Å². The van der Waals surface area contributed by atoms with Gasteiger partial charge in [0.05, 0.1) is 12.3 Å². The van der Waals surface area contributed by atoms with Crippen molar-refractivity contribution < 1.29 is 18.7 Å². The first-order valence-electron chi connectivity index (χ1n) is 8.93. The molecule has 136 valence electrons. The number of carbonyl (C=O) groups excluding carboxylic acids is 2. The highest BCUT2D eigenvalue weighted by molar-refractivity contribution is 5.91. The second-order valence-electron chi connectivity index (χ2n) is 7.10. The molecule has 3 heterocycles. The maximum atomic E-state index is 12.5. The number of benzene rings is 1. The van der Waals surface area contributed by atoms with Crippen LogP contribution in [0.25, 0.3) is 0 Å². The van der Waals surface area contributed by atoms with Crippen molar-refractivity contribution in [3.63, 3.8) is 0 Å². The number of furan rings is 1. The third-order valence-electron chi connectivity index (χ3n) is 5.37. The molecule has 1 fully saturated rings. The number of hydrogen-bond acceptors (Lipinski definition) is 4. The topological polar surface area (TPSA) is 71.8 Å². The fraction of sp³-hybridized carbons (Fsp3) is 0.400. The van der Waals surface area contributed by atoms with Gasteiger partial charge in [0.2, 0.25) is 5.91 Å². The largest absolute Gasteiger partial charge is 0.487 e. The van der Waals surface area contributed by atoms with E-state index in [2.05, 4.69) is 5.32 Å². The van der Waals surface area contributed by atoms with E-state index in [4.69, 9.17) is 9.15 Å². The summed E-state index contributed by atoms with van der Waals surface area (Å²) >= 11 is 0. The summed E-state index contributed by atoms with van der Waals surface area (Å²) in [6, 6.07) is 10.9. The Morgan fingerprint density at radius 3 is 2.88 bits per heavy atom. The minimum atomic E-state index is -0.449. The summed E-state index contributed by atoms with van der Waals surface area (Å²) in [6.45, 7) is 0.653. The predicted molar refractivity (Wildman–Crippen MR) is 94.8 cm³/mol. The molecule has 1 spiro atoms. The van der Waals surface area contributed by atoms with Crippen LogP contribution < -0.4 is 10.1 Å². The van der Waals surface area contributed by atoms with Gasteiger partial charge in [-0.2, -0.15) is 0 Å². The standard InChI is InChI=1S/C20H22N2O4/c1-22-11-10-20(9-8-18(22)23)13-15(14-5-2-3-6-16(14)26-20)21-19(24)17-7-4-12-25-17/h2-7,12,15H,8-11,13H2,1H3,(H,21,24)/t15-,20-/m1/s1. The molecule has 2 aromatic rings. The first-order chi connectivity index (χ1) is 12.6. The molecule has 6 nitrogen and oxygen atoms in total. The van der Waals surface area contributed by atoms with E-state index in [0.29, 0.717) is 31.6 Å².